The normalized spacial score (nSPS) is 22.8. The highest BCUT2D eigenvalue weighted by Gasteiger charge is 2.26. The molecule has 0 spiro atoms. The van der Waals surface area contributed by atoms with E-state index in [1.54, 1.807) is 0 Å². The number of allylic oxidation sites excluding steroid dienone is 2. The van der Waals surface area contributed by atoms with Gasteiger partial charge < -0.3 is 4.90 Å². The van der Waals surface area contributed by atoms with Crippen molar-refractivity contribution in [1.29, 1.82) is 0 Å². The van der Waals surface area contributed by atoms with Crippen LogP contribution in [0.3, 0.4) is 0 Å². The second-order valence-corrected chi connectivity index (χ2v) is 5.60. The van der Waals surface area contributed by atoms with Crippen molar-refractivity contribution in [3.05, 3.63) is 22.3 Å². The summed E-state index contributed by atoms with van der Waals surface area (Å²) in [6.45, 7) is 6.01. The Balaban J connectivity index is 2.08. The van der Waals surface area contributed by atoms with Crippen molar-refractivity contribution in [2.24, 2.45) is 5.92 Å². The SMILES string of the molecule is CC1=C(Cl)C(C(=O)N2CCC(C)CC2)=CCC1. The van der Waals surface area contributed by atoms with Crippen LogP contribution in [0.1, 0.15) is 39.5 Å². The van der Waals surface area contributed by atoms with Gasteiger partial charge in [0.15, 0.2) is 0 Å². The van der Waals surface area contributed by atoms with Crippen molar-refractivity contribution in [3.8, 4) is 0 Å². The molecule has 3 heteroatoms. The Hall–Kier alpha value is -0.760. The van der Waals surface area contributed by atoms with E-state index < -0.39 is 0 Å². The zero-order valence-corrected chi connectivity index (χ0v) is 11.4. The minimum absolute atomic E-state index is 0.126. The standard InChI is InChI=1S/C14H20ClNO/c1-10-6-8-16(9-7-10)14(17)12-5-3-4-11(2)13(12)15/h5,10H,3-4,6-9H2,1-2H3. The van der Waals surface area contributed by atoms with Crippen LogP contribution in [0.25, 0.3) is 0 Å². The highest BCUT2D eigenvalue weighted by atomic mass is 35.5. The molecule has 1 heterocycles. The molecule has 0 aromatic carbocycles. The molecule has 1 amide bonds. The van der Waals surface area contributed by atoms with Gasteiger partial charge in [0, 0.05) is 13.1 Å². The lowest BCUT2D eigenvalue weighted by atomic mass is 9.96. The minimum Gasteiger partial charge on any atom is -0.339 e. The van der Waals surface area contributed by atoms with E-state index in [4.69, 9.17) is 11.6 Å². The highest BCUT2D eigenvalue weighted by Crippen LogP contribution is 2.30. The van der Waals surface area contributed by atoms with E-state index in [0.29, 0.717) is 5.03 Å². The molecule has 0 aromatic heterocycles. The molecule has 1 aliphatic carbocycles. The molecule has 94 valence electrons. The van der Waals surface area contributed by atoms with E-state index in [2.05, 4.69) is 6.92 Å². The predicted molar refractivity (Wildman–Crippen MR) is 70.8 cm³/mol. The minimum atomic E-state index is 0.126. The molecular weight excluding hydrogens is 234 g/mol. The molecule has 0 N–H and O–H groups in total. The number of nitrogens with zero attached hydrogens (tertiary/aromatic N) is 1. The van der Waals surface area contributed by atoms with Crippen LogP contribution in [-0.4, -0.2) is 23.9 Å². The van der Waals surface area contributed by atoms with Gasteiger partial charge in [-0.1, -0.05) is 30.2 Å². The molecular formula is C14H20ClNO. The topological polar surface area (TPSA) is 20.3 Å². The molecule has 1 saturated heterocycles. The summed E-state index contributed by atoms with van der Waals surface area (Å²) in [7, 11) is 0. The quantitative estimate of drug-likeness (QED) is 0.701. The Morgan fingerprint density at radius 3 is 2.71 bits per heavy atom. The smallest absolute Gasteiger partial charge is 0.255 e. The van der Waals surface area contributed by atoms with Crippen LogP contribution in [-0.2, 0) is 4.79 Å². The van der Waals surface area contributed by atoms with Gasteiger partial charge in [0.1, 0.15) is 0 Å². The van der Waals surface area contributed by atoms with Crippen LogP contribution in [0.5, 0.6) is 0 Å². The molecule has 0 aromatic rings. The first-order valence-corrected chi connectivity index (χ1v) is 6.82. The van der Waals surface area contributed by atoms with E-state index in [-0.39, 0.29) is 5.91 Å². The van der Waals surface area contributed by atoms with E-state index in [0.717, 1.165) is 55.8 Å². The molecule has 1 aliphatic heterocycles. The van der Waals surface area contributed by atoms with Gasteiger partial charge in [-0.2, -0.15) is 0 Å². The second-order valence-electron chi connectivity index (χ2n) is 5.23. The second kappa shape index (κ2) is 5.26. The summed E-state index contributed by atoms with van der Waals surface area (Å²) in [5.74, 6) is 0.869. The number of piperidine rings is 1. The molecule has 0 atom stereocenters. The Morgan fingerprint density at radius 1 is 1.41 bits per heavy atom. The first kappa shape index (κ1) is 12.7. The number of amides is 1. The fourth-order valence-electron chi connectivity index (χ4n) is 2.43. The number of hydrogen-bond donors (Lipinski definition) is 0. The van der Waals surface area contributed by atoms with E-state index in [1.807, 2.05) is 17.9 Å². The summed E-state index contributed by atoms with van der Waals surface area (Å²) < 4.78 is 0. The van der Waals surface area contributed by atoms with Crippen LogP contribution in [0.4, 0.5) is 0 Å². The molecule has 2 rings (SSSR count). The van der Waals surface area contributed by atoms with Gasteiger partial charge in [0.25, 0.3) is 5.91 Å². The molecule has 0 unspecified atom stereocenters. The maximum absolute atomic E-state index is 12.4. The van der Waals surface area contributed by atoms with Crippen molar-refractivity contribution < 1.29 is 4.79 Å². The van der Waals surface area contributed by atoms with Gasteiger partial charge in [-0.15, -0.1) is 0 Å². The van der Waals surface area contributed by atoms with Crippen LogP contribution in [0.2, 0.25) is 0 Å². The zero-order valence-electron chi connectivity index (χ0n) is 10.6. The van der Waals surface area contributed by atoms with Crippen LogP contribution >= 0.6 is 11.6 Å². The lowest BCUT2D eigenvalue weighted by Gasteiger charge is -2.31. The number of halogens is 1. The fraction of sp³-hybridized carbons (Fsp3) is 0.643. The maximum atomic E-state index is 12.4. The van der Waals surface area contributed by atoms with Gasteiger partial charge in [0.2, 0.25) is 0 Å². The Labute approximate surface area is 108 Å². The third-order valence-electron chi connectivity index (χ3n) is 3.78. The Bertz CT molecular complexity index is 376. The highest BCUT2D eigenvalue weighted by molar-refractivity contribution is 6.35. The van der Waals surface area contributed by atoms with Crippen molar-refractivity contribution >= 4 is 17.5 Å². The number of rotatable bonds is 1. The third kappa shape index (κ3) is 2.74. The predicted octanol–water partition coefficient (Wildman–Crippen LogP) is 3.48. The summed E-state index contributed by atoms with van der Waals surface area (Å²) in [6.07, 6.45) is 6.13. The number of likely N-dealkylation sites (tertiary alicyclic amines) is 1. The molecule has 1 fully saturated rings. The van der Waals surface area contributed by atoms with Crippen LogP contribution in [0.15, 0.2) is 22.3 Å². The number of carbonyl (C=O) groups is 1. The van der Waals surface area contributed by atoms with Crippen molar-refractivity contribution in [2.75, 3.05) is 13.1 Å². The van der Waals surface area contributed by atoms with Gasteiger partial charge in [-0.05, 0) is 38.5 Å². The largest absolute Gasteiger partial charge is 0.339 e. The average Bonchev–Trinajstić information content (AvgIpc) is 2.33. The number of hydrogen-bond acceptors (Lipinski definition) is 1. The molecule has 17 heavy (non-hydrogen) atoms. The van der Waals surface area contributed by atoms with Crippen molar-refractivity contribution in [3.63, 3.8) is 0 Å². The summed E-state index contributed by atoms with van der Waals surface area (Å²) in [6, 6.07) is 0. The molecule has 2 aliphatic rings. The molecule has 0 radical (unpaired) electrons. The van der Waals surface area contributed by atoms with Gasteiger partial charge in [0.05, 0.1) is 10.6 Å². The first-order chi connectivity index (χ1) is 8.09. The zero-order chi connectivity index (χ0) is 12.4. The van der Waals surface area contributed by atoms with Crippen LogP contribution < -0.4 is 0 Å². The first-order valence-electron chi connectivity index (χ1n) is 6.44. The third-order valence-corrected chi connectivity index (χ3v) is 4.31. The average molecular weight is 254 g/mol. The van der Waals surface area contributed by atoms with E-state index in [9.17, 15) is 4.79 Å². The molecule has 0 saturated carbocycles. The van der Waals surface area contributed by atoms with E-state index >= 15 is 0 Å². The Morgan fingerprint density at radius 2 is 2.06 bits per heavy atom. The maximum Gasteiger partial charge on any atom is 0.255 e. The fourth-order valence-corrected chi connectivity index (χ4v) is 2.68. The summed E-state index contributed by atoms with van der Waals surface area (Å²) in [5.41, 5.74) is 1.87. The van der Waals surface area contributed by atoms with Crippen LogP contribution in [0, 0.1) is 5.92 Å². The summed E-state index contributed by atoms with van der Waals surface area (Å²) in [4.78, 5) is 14.3. The Kier molecular flexibility index (Phi) is 3.93. The van der Waals surface area contributed by atoms with Crippen molar-refractivity contribution in [2.45, 2.75) is 39.5 Å². The number of carbonyl (C=O) groups excluding carboxylic acids is 1. The molecule has 0 bridgehead atoms. The van der Waals surface area contributed by atoms with Crippen molar-refractivity contribution in [1.82, 2.24) is 4.90 Å². The summed E-state index contributed by atoms with van der Waals surface area (Å²) in [5, 5.41) is 0.680. The lowest BCUT2D eigenvalue weighted by Crippen LogP contribution is -2.39. The summed E-state index contributed by atoms with van der Waals surface area (Å²) >= 11 is 6.24. The lowest BCUT2D eigenvalue weighted by molar-refractivity contribution is -0.128. The van der Waals surface area contributed by atoms with E-state index in [1.165, 1.54) is 0 Å². The molecule has 2 nitrogen and oxygen atoms in total. The van der Waals surface area contributed by atoms with Gasteiger partial charge in [-0.3, -0.25) is 4.79 Å². The van der Waals surface area contributed by atoms with Gasteiger partial charge >= 0.3 is 0 Å². The monoisotopic (exact) mass is 253 g/mol. The van der Waals surface area contributed by atoms with Gasteiger partial charge in [-0.25, -0.2) is 0 Å².